The van der Waals surface area contributed by atoms with Gasteiger partial charge in [-0.25, -0.2) is 4.98 Å². The van der Waals surface area contributed by atoms with Crippen molar-refractivity contribution in [2.45, 2.75) is 25.1 Å². The lowest BCUT2D eigenvalue weighted by atomic mass is 10.4. The van der Waals surface area contributed by atoms with Crippen molar-refractivity contribution in [3.63, 3.8) is 0 Å². The molecule has 0 amide bonds. The molecule has 7 heteroatoms. The van der Waals surface area contributed by atoms with Gasteiger partial charge in [-0.15, -0.1) is 11.6 Å². The van der Waals surface area contributed by atoms with Crippen LogP contribution in [0.2, 0.25) is 0 Å². The van der Waals surface area contributed by atoms with E-state index in [0.29, 0.717) is 24.7 Å². The summed E-state index contributed by atoms with van der Waals surface area (Å²) in [5, 5.41) is 0.0227. The summed E-state index contributed by atoms with van der Waals surface area (Å²) in [4.78, 5) is 9.00. The van der Waals surface area contributed by atoms with Gasteiger partial charge in [0, 0.05) is 47.2 Å². The molecule has 5 nitrogen and oxygen atoms in total. The SMILES string of the molecule is COc1ccc2nc(CCCl)n(CC(C)S(C)=O)c2n1. The Bertz CT molecular complexity index is 629. The van der Waals surface area contributed by atoms with E-state index >= 15 is 0 Å². The number of hydrogen-bond acceptors (Lipinski definition) is 4. The Balaban J connectivity index is 2.50. The van der Waals surface area contributed by atoms with Gasteiger partial charge in [-0.3, -0.25) is 4.21 Å². The molecule has 20 heavy (non-hydrogen) atoms. The number of aryl methyl sites for hydroxylation is 1. The molecule has 2 unspecified atom stereocenters. The van der Waals surface area contributed by atoms with Crippen LogP contribution in [0, 0.1) is 0 Å². The molecule has 0 aromatic carbocycles. The highest BCUT2D eigenvalue weighted by Gasteiger charge is 2.16. The highest BCUT2D eigenvalue weighted by atomic mass is 35.5. The Kier molecular flexibility index (Phi) is 4.99. The summed E-state index contributed by atoms with van der Waals surface area (Å²) >= 11 is 5.83. The van der Waals surface area contributed by atoms with Crippen LogP contribution in [-0.2, 0) is 23.8 Å². The fourth-order valence-corrected chi connectivity index (χ4v) is 2.50. The first-order chi connectivity index (χ1) is 9.56. The van der Waals surface area contributed by atoms with Crippen LogP contribution in [-0.4, -0.2) is 43.2 Å². The molecule has 0 saturated carbocycles. The summed E-state index contributed by atoms with van der Waals surface area (Å²) < 4.78 is 18.8. The second kappa shape index (κ2) is 6.54. The number of fused-ring (bicyclic) bond motifs is 1. The smallest absolute Gasteiger partial charge is 0.215 e. The first kappa shape index (κ1) is 15.3. The van der Waals surface area contributed by atoms with Gasteiger partial charge in [0.2, 0.25) is 5.88 Å². The van der Waals surface area contributed by atoms with Gasteiger partial charge >= 0.3 is 0 Å². The Labute approximate surface area is 125 Å². The minimum Gasteiger partial charge on any atom is -0.481 e. The highest BCUT2D eigenvalue weighted by Crippen LogP contribution is 2.19. The topological polar surface area (TPSA) is 57.0 Å². The van der Waals surface area contributed by atoms with Crippen molar-refractivity contribution in [3.8, 4) is 5.88 Å². The summed E-state index contributed by atoms with van der Waals surface area (Å²) in [5.41, 5.74) is 1.56. The fourth-order valence-electron chi connectivity index (χ4n) is 1.97. The number of nitrogens with zero attached hydrogens (tertiary/aromatic N) is 3. The second-order valence-corrected chi connectivity index (χ2v) is 6.76. The van der Waals surface area contributed by atoms with E-state index in [4.69, 9.17) is 16.3 Å². The molecule has 0 fully saturated rings. The number of halogens is 1. The van der Waals surface area contributed by atoms with E-state index in [1.807, 2.05) is 17.6 Å². The molecule has 2 aromatic heterocycles. The average molecular weight is 316 g/mol. The molecule has 0 N–H and O–H groups in total. The monoisotopic (exact) mass is 315 g/mol. The van der Waals surface area contributed by atoms with Crippen LogP contribution in [0.3, 0.4) is 0 Å². The van der Waals surface area contributed by atoms with E-state index in [1.54, 1.807) is 19.4 Å². The Hall–Kier alpha value is -1.14. The lowest BCUT2D eigenvalue weighted by Gasteiger charge is -2.12. The first-order valence-corrected chi connectivity index (χ1v) is 8.50. The van der Waals surface area contributed by atoms with Gasteiger partial charge < -0.3 is 9.30 Å². The van der Waals surface area contributed by atoms with Crippen molar-refractivity contribution in [1.29, 1.82) is 0 Å². The minimum absolute atomic E-state index is 0.0227. The number of hydrogen-bond donors (Lipinski definition) is 0. The van der Waals surface area contributed by atoms with Crippen molar-refractivity contribution in [1.82, 2.24) is 14.5 Å². The van der Waals surface area contributed by atoms with Crippen molar-refractivity contribution < 1.29 is 8.95 Å². The maximum atomic E-state index is 11.6. The van der Waals surface area contributed by atoms with Crippen LogP contribution >= 0.6 is 11.6 Å². The Morgan fingerprint density at radius 3 is 2.80 bits per heavy atom. The molecular formula is C13H18ClN3O2S. The van der Waals surface area contributed by atoms with E-state index in [2.05, 4.69) is 9.97 Å². The Morgan fingerprint density at radius 1 is 1.45 bits per heavy atom. The third kappa shape index (κ3) is 3.12. The molecule has 2 aromatic rings. The molecule has 2 atom stereocenters. The quantitative estimate of drug-likeness (QED) is 0.765. The van der Waals surface area contributed by atoms with Crippen molar-refractivity contribution in [3.05, 3.63) is 18.0 Å². The third-order valence-electron chi connectivity index (χ3n) is 3.18. The van der Waals surface area contributed by atoms with Gasteiger partial charge in [0.25, 0.3) is 0 Å². The molecule has 0 aliphatic carbocycles. The van der Waals surface area contributed by atoms with Crippen LogP contribution in [0.5, 0.6) is 5.88 Å². The molecule has 0 aliphatic heterocycles. The summed E-state index contributed by atoms with van der Waals surface area (Å²) in [6.07, 6.45) is 2.36. The van der Waals surface area contributed by atoms with E-state index < -0.39 is 10.8 Å². The third-order valence-corrected chi connectivity index (χ3v) is 4.65. The maximum absolute atomic E-state index is 11.6. The minimum atomic E-state index is -0.898. The summed E-state index contributed by atoms with van der Waals surface area (Å²) in [6.45, 7) is 2.55. The Morgan fingerprint density at radius 2 is 2.20 bits per heavy atom. The van der Waals surface area contributed by atoms with Crippen molar-refractivity contribution in [2.75, 3.05) is 19.2 Å². The highest BCUT2D eigenvalue weighted by molar-refractivity contribution is 7.84. The summed E-state index contributed by atoms with van der Waals surface area (Å²) in [6, 6.07) is 3.66. The van der Waals surface area contributed by atoms with E-state index in [1.165, 1.54) is 0 Å². The van der Waals surface area contributed by atoms with E-state index in [0.717, 1.165) is 17.0 Å². The zero-order chi connectivity index (χ0) is 14.7. The van der Waals surface area contributed by atoms with Crippen LogP contribution in [0.15, 0.2) is 12.1 Å². The fraction of sp³-hybridized carbons (Fsp3) is 0.538. The number of alkyl halides is 1. The number of pyridine rings is 1. The summed E-state index contributed by atoms with van der Waals surface area (Å²) in [7, 11) is 0.684. The predicted molar refractivity (Wildman–Crippen MR) is 82.0 cm³/mol. The van der Waals surface area contributed by atoms with Crippen LogP contribution < -0.4 is 4.74 Å². The zero-order valence-corrected chi connectivity index (χ0v) is 13.4. The van der Waals surface area contributed by atoms with Gasteiger partial charge in [-0.2, -0.15) is 4.98 Å². The van der Waals surface area contributed by atoms with Gasteiger partial charge in [0.15, 0.2) is 5.65 Å². The molecule has 0 saturated heterocycles. The lowest BCUT2D eigenvalue weighted by molar-refractivity contribution is 0.399. The van der Waals surface area contributed by atoms with Crippen molar-refractivity contribution >= 4 is 33.6 Å². The number of imidazole rings is 1. The molecular weight excluding hydrogens is 298 g/mol. The zero-order valence-electron chi connectivity index (χ0n) is 11.8. The largest absolute Gasteiger partial charge is 0.481 e. The van der Waals surface area contributed by atoms with E-state index in [-0.39, 0.29) is 5.25 Å². The summed E-state index contributed by atoms with van der Waals surface area (Å²) in [5.74, 6) is 1.90. The molecule has 0 aliphatic rings. The molecule has 0 bridgehead atoms. The van der Waals surface area contributed by atoms with Crippen LogP contribution in [0.25, 0.3) is 11.2 Å². The molecule has 2 rings (SSSR count). The van der Waals surface area contributed by atoms with Gasteiger partial charge in [-0.1, -0.05) is 0 Å². The van der Waals surface area contributed by atoms with Gasteiger partial charge in [0.05, 0.1) is 7.11 Å². The maximum Gasteiger partial charge on any atom is 0.215 e. The number of rotatable bonds is 6. The van der Waals surface area contributed by atoms with Crippen molar-refractivity contribution in [2.24, 2.45) is 0 Å². The molecule has 2 heterocycles. The van der Waals surface area contributed by atoms with E-state index in [9.17, 15) is 4.21 Å². The van der Waals surface area contributed by atoms with Crippen LogP contribution in [0.4, 0.5) is 0 Å². The first-order valence-electron chi connectivity index (χ1n) is 6.35. The second-order valence-electron chi connectivity index (χ2n) is 4.58. The number of ether oxygens (including phenoxy) is 1. The predicted octanol–water partition coefficient (Wildman–Crippen LogP) is 1.99. The molecule has 0 spiro atoms. The van der Waals surface area contributed by atoms with Crippen LogP contribution in [0.1, 0.15) is 12.7 Å². The average Bonchev–Trinajstić information content (AvgIpc) is 2.76. The lowest BCUT2D eigenvalue weighted by Crippen LogP contribution is -2.19. The van der Waals surface area contributed by atoms with Gasteiger partial charge in [0.1, 0.15) is 11.3 Å². The molecule has 110 valence electrons. The molecule has 0 radical (unpaired) electrons. The standard InChI is InChI=1S/C13H18ClN3O2S/c1-9(20(3)18)8-17-11(6-7-14)15-10-4-5-12(19-2)16-13(10)17/h4-5,9H,6-8H2,1-3H3. The normalized spacial score (nSPS) is 14.4. The van der Waals surface area contributed by atoms with Gasteiger partial charge in [-0.05, 0) is 13.0 Å². The number of aromatic nitrogens is 3. The number of methoxy groups -OCH3 is 1.